The molecule has 0 heterocycles. The molecule has 0 bridgehead atoms. The molecule has 1 aliphatic rings. The molecule has 0 radical (unpaired) electrons. The van der Waals surface area contributed by atoms with Crippen LogP contribution in [0.4, 0.5) is 0 Å². The van der Waals surface area contributed by atoms with Gasteiger partial charge >= 0.3 is 0 Å². The molecule has 2 N–H and O–H groups in total. The first kappa shape index (κ1) is 20.1. The fourth-order valence-corrected chi connectivity index (χ4v) is 2.86. The molecule has 0 fully saturated rings. The minimum atomic E-state index is -1.30. The topological polar surface area (TPSA) is 126 Å². The summed E-state index contributed by atoms with van der Waals surface area (Å²) in [6.45, 7) is 0. The summed E-state index contributed by atoms with van der Waals surface area (Å²) in [4.78, 5) is 35.8. The Morgan fingerprint density at radius 2 is 1.48 bits per heavy atom. The van der Waals surface area contributed by atoms with Crippen molar-refractivity contribution in [3.05, 3.63) is 29.8 Å². The molecule has 0 saturated heterocycles. The zero-order valence-corrected chi connectivity index (χ0v) is 15.2. The average Bonchev–Trinajstić information content (AvgIpc) is 2.70. The van der Waals surface area contributed by atoms with E-state index in [1.807, 2.05) is 0 Å². The van der Waals surface area contributed by atoms with Crippen LogP contribution >= 0.6 is 0 Å². The van der Waals surface area contributed by atoms with Crippen LogP contribution < -0.4 is 30.2 Å². The van der Waals surface area contributed by atoms with E-state index in [1.54, 1.807) is 12.2 Å². The Bertz CT molecular complexity index is 735. The molecule has 1 aliphatic carbocycles. The third kappa shape index (κ3) is 4.49. The normalized spacial score (nSPS) is 18.3. The highest BCUT2D eigenvalue weighted by molar-refractivity contribution is 5.97. The molecular weight excluding hydrogens is 356 g/mol. The summed E-state index contributed by atoms with van der Waals surface area (Å²) in [5.74, 6) is -3.39. The Labute approximate surface area is 156 Å². The SMILES string of the molecule is COc1cc(C(=O)NNC(=O)[C@@H]2CC=CC[C@H]2C(=O)[O-])cc(OC)c1OC. The van der Waals surface area contributed by atoms with Gasteiger partial charge in [0, 0.05) is 17.5 Å². The molecule has 146 valence electrons. The molecular formula is C18H21N2O7-. The summed E-state index contributed by atoms with van der Waals surface area (Å²) in [6.07, 6.45) is 3.88. The molecule has 9 heteroatoms. The molecule has 1 aromatic rings. The van der Waals surface area contributed by atoms with Crippen molar-refractivity contribution in [1.82, 2.24) is 10.9 Å². The van der Waals surface area contributed by atoms with E-state index < -0.39 is 29.6 Å². The Morgan fingerprint density at radius 3 is 1.96 bits per heavy atom. The van der Waals surface area contributed by atoms with E-state index in [-0.39, 0.29) is 29.9 Å². The predicted molar refractivity (Wildman–Crippen MR) is 92.1 cm³/mol. The highest BCUT2D eigenvalue weighted by Gasteiger charge is 2.30. The maximum absolute atomic E-state index is 12.4. The Balaban J connectivity index is 2.10. The van der Waals surface area contributed by atoms with Crippen LogP contribution in [0.5, 0.6) is 17.2 Å². The molecule has 0 aliphatic heterocycles. The van der Waals surface area contributed by atoms with E-state index >= 15 is 0 Å². The van der Waals surface area contributed by atoms with Crippen LogP contribution in [0, 0.1) is 11.8 Å². The number of rotatable bonds is 6. The van der Waals surface area contributed by atoms with Crippen molar-refractivity contribution < 1.29 is 33.7 Å². The van der Waals surface area contributed by atoms with Crippen molar-refractivity contribution in [3.63, 3.8) is 0 Å². The van der Waals surface area contributed by atoms with Crippen molar-refractivity contribution in [2.45, 2.75) is 12.8 Å². The molecule has 0 aromatic heterocycles. The fourth-order valence-electron chi connectivity index (χ4n) is 2.86. The van der Waals surface area contributed by atoms with Gasteiger partial charge in [-0.05, 0) is 25.0 Å². The first-order valence-electron chi connectivity index (χ1n) is 8.19. The summed E-state index contributed by atoms with van der Waals surface area (Å²) in [7, 11) is 4.27. The Hall–Kier alpha value is -3.23. The third-order valence-electron chi connectivity index (χ3n) is 4.30. The number of methoxy groups -OCH3 is 3. The molecule has 9 nitrogen and oxygen atoms in total. The minimum Gasteiger partial charge on any atom is -0.550 e. The van der Waals surface area contributed by atoms with E-state index in [0.29, 0.717) is 5.75 Å². The van der Waals surface area contributed by atoms with Crippen molar-refractivity contribution in [1.29, 1.82) is 0 Å². The minimum absolute atomic E-state index is 0.157. The number of allylic oxidation sites excluding steroid dienone is 2. The number of hydrogen-bond donors (Lipinski definition) is 2. The summed E-state index contributed by atoms with van der Waals surface area (Å²) < 4.78 is 15.5. The summed E-state index contributed by atoms with van der Waals surface area (Å²) in [6, 6.07) is 2.85. The highest BCUT2D eigenvalue weighted by Crippen LogP contribution is 2.38. The number of amides is 2. The number of benzene rings is 1. The van der Waals surface area contributed by atoms with Crippen molar-refractivity contribution >= 4 is 17.8 Å². The van der Waals surface area contributed by atoms with Gasteiger partial charge in [0.2, 0.25) is 11.7 Å². The van der Waals surface area contributed by atoms with Gasteiger partial charge in [-0.25, -0.2) is 0 Å². The van der Waals surface area contributed by atoms with Gasteiger partial charge in [-0.15, -0.1) is 0 Å². The molecule has 2 rings (SSSR count). The summed E-state index contributed by atoms with van der Waals surface area (Å²) in [5, 5.41) is 11.2. The van der Waals surface area contributed by atoms with Gasteiger partial charge in [-0.2, -0.15) is 0 Å². The van der Waals surface area contributed by atoms with Crippen molar-refractivity contribution in [2.24, 2.45) is 11.8 Å². The number of ether oxygens (including phenoxy) is 3. The van der Waals surface area contributed by atoms with Gasteiger partial charge in [-0.3, -0.25) is 20.4 Å². The lowest BCUT2D eigenvalue weighted by Crippen LogP contribution is -2.49. The van der Waals surface area contributed by atoms with Crippen LogP contribution in [0.25, 0.3) is 0 Å². The number of aliphatic carboxylic acids is 1. The second kappa shape index (κ2) is 8.93. The van der Waals surface area contributed by atoms with Crippen molar-refractivity contribution in [3.8, 4) is 17.2 Å². The summed E-state index contributed by atoms with van der Waals surface area (Å²) in [5.41, 5.74) is 4.69. The maximum Gasteiger partial charge on any atom is 0.269 e. The number of carboxylic acid groups (broad SMARTS) is 1. The number of carbonyl (C=O) groups is 3. The first-order valence-corrected chi connectivity index (χ1v) is 8.19. The Kier molecular flexibility index (Phi) is 6.64. The van der Waals surface area contributed by atoms with Crippen LogP contribution in [0.2, 0.25) is 0 Å². The lowest BCUT2D eigenvalue weighted by molar-refractivity contribution is -0.313. The standard InChI is InChI=1S/C18H22N2O7/c1-25-13-8-10(9-14(26-2)15(13)27-3)16(21)19-20-17(22)11-6-4-5-7-12(11)18(23)24/h4-5,8-9,11-12H,6-7H2,1-3H3,(H,19,21)(H,20,22)(H,23,24)/p-1/t11-,12-/m1/s1. The predicted octanol–water partition coefficient (Wildman–Crippen LogP) is -0.194. The van der Waals surface area contributed by atoms with E-state index in [2.05, 4.69) is 10.9 Å². The number of carboxylic acids is 1. The lowest BCUT2D eigenvalue weighted by atomic mass is 9.82. The highest BCUT2D eigenvalue weighted by atomic mass is 16.5. The second-order valence-electron chi connectivity index (χ2n) is 5.83. The zero-order chi connectivity index (χ0) is 20.0. The molecule has 2 atom stereocenters. The van der Waals surface area contributed by atoms with Crippen LogP contribution in [0.3, 0.4) is 0 Å². The summed E-state index contributed by atoms with van der Waals surface area (Å²) >= 11 is 0. The Morgan fingerprint density at radius 1 is 0.926 bits per heavy atom. The molecule has 0 saturated carbocycles. The van der Waals surface area contributed by atoms with E-state index in [4.69, 9.17) is 14.2 Å². The molecule has 2 amide bonds. The molecule has 27 heavy (non-hydrogen) atoms. The number of carbonyl (C=O) groups excluding carboxylic acids is 3. The number of nitrogens with one attached hydrogen (secondary N) is 2. The quantitative estimate of drug-likeness (QED) is 0.519. The van der Waals surface area contributed by atoms with E-state index in [9.17, 15) is 19.5 Å². The van der Waals surface area contributed by atoms with Gasteiger partial charge in [0.25, 0.3) is 5.91 Å². The molecule has 1 aromatic carbocycles. The monoisotopic (exact) mass is 377 g/mol. The van der Waals surface area contributed by atoms with Crippen molar-refractivity contribution in [2.75, 3.05) is 21.3 Å². The van der Waals surface area contributed by atoms with Crippen LogP contribution in [-0.4, -0.2) is 39.1 Å². The van der Waals surface area contributed by atoms with Gasteiger partial charge in [0.05, 0.1) is 27.2 Å². The van der Waals surface area contributed by atoms with Gasteiger partial charge < -0.3 is 24.1 Å². The van der Waals surface area contributed by atoms with Crippen LogP contribution in [-0.2, 0) is 9.59 Å². The van der Waals surface area contributed by atoms with Gasteiger partial charge in [0.15, 0.2) is 11.5 Å². The van der Waals surface area contributed by atoms with E-state index in [0.717, 1.165) is 0 Å². The molecule has 0 spiro atoms. The van der Waals surface area contributed by atoms with Crippen LogP contribution in [0.15, 0.2) is 24.3 Å². The third-order valence-corrected chi connectivity index (χ3v) is 4.30. The number of hydrazine groups is 1. The average molecular weight is 377 g/mol. The van der Waals surface area contributed by atoms with Gasteiger partial charge in [0.1, 0.15) is 0 Å². The number of hydrogen-bond acceptors (Lipinski definition) is 7. The maximum atomic E-state index is 12.4. The first-order chi connectivity index (χ1) is 12.9. The zero-order valence-electron chi connectivity index (χ0n) is 15.2. The lowest BCUT2D eigenvalue weighted by Gasteiger charge is -2.28. The largest absolute Gasteiger partial charge is 0.550 e. The molecule has 0 unspecified atom stereocenters. The smallest absolute Gasteiger partial charge is 0.269 e. The van der Waals surface area contributed by atoms with Crippen LogP contribution in [0.1, 0.15) is 23.2 Å². The second-order valence-corrected chi connectivity index (χ2v) is 5.83. The van der Waals surface area contributed by atoms with Gasteiger partial charge in [-0.1, -0.05) is 12.2 Å². The van der Waals surface area contributed by atoms with E-state index in [1.165, 1.54) is 33.5 Å². The fraction of sp³-hybridized carbons (Fsp3) is 0.389.